The van der Waals surface area contributed by atoms with Gasteiger partial charge in [-0.2, -0.15) is 0 Å². The first kappa shape index (κ1) is 20.6. The molecule has 0 aliphatic heterocycles. The molecular weight excluding hydrogens is 433 g/mol. The van der Waals surface area contributed by atoms with Gasteiger partial charge < -0.3 is 11.1 Å². The van der Waals surface area contributed by atoms with E-state index in [0.29, 0.717) is 24.2 Å². The fourth-order valence-corrected chi connectivity index (χ4v) is 3.06. The Labute approximate surface area is 163 Å². The lowest BCUT2D eigenvalue weighted by atomic mass is 10.0. The second-order valence-electron chi connectivity index (χ2n) is 5.53. The van der Waals surface area contributed by atoms with E-state index >= 15 is 0 Å². The van der Waals surface area contributed by atoms with Gasteiger partial charge in [0.1, 0.15) is 0 Å². The summed E-state index contributed by atoms with van der Waals surface area (Å²) in [6.07, 6.45) is 0. The molecule has 3 N–H and O–H groups in total. The molecule has 0 aliphatic rings. The summed E-state index contributed by atoms with van der Waals surface area (Å²) >= 11 is 0. The van der Waals surface area contributed by atoms with Crippen LogP contribution in [0, 0.1) is 0 Å². The third-order valence-corrected chi connectivity index (χ3v) is 4.74. The lowest BCUT2D eigenvalue weighted by molar-refractivity contribution is 0.683. The SMILES string of the molecule is CC(C)c1cccc(NC(N)=NCCS(=O)c2ccccc2)c1.I. The van der Waals surface area contributed by atoms with Crippen molar-refractivity contribution in [2.45, 2.75) is 24.7 Å². The van der Waals surface area contributed by atoms with Crippen molar-refractivity contribution in [1.29, 1.82) is 0 Å². The summed E-state index contributed by atoms with van der Waals surface area (Å²) < 4.78 is 12.1. The monoisotopic (exact) mass is 457 g/mol. The van der Waals surface area contributed by atoms with Crippen LogP contribution >= 0.6 is 24.0 Å². The molecule has 0 bridgehead atoms. The number of halogens is 1. The van der Waals surface area contributed by atoms with Crippen LogP contribution in [0.3, 0.4) is 0 Å². The average molecular weight is 457 g/mol. The number of hydrogen-bond acceptors (Lipinski definition) is 2. The van der Waals surface area contributed by atoms with Gasteiger partial charge in [0.15, 0.2) is 5.96 Å². The predicted octanol–water partition coefficient (Wildman–Crippen LogP) is 3.96. The van der Waals surface area contributed by atoms with Gasteiger partial charge in [-0.1, -0.05) is 44.2 Å². The van der Waals surface area contributed by atoms with Gasteiger partial charge in [-0.05, 0) is 35.7 Å². The quantitative estimate of drug-likeness (QED) is 0.392. The molecule has 0 radical (unpaired) electrons. The standard InChI is InChI=1S/C18H23N3OS.HI/c1-14(2)15-7-6-8-16(13-15)21-18(19)20-11-12-23(22)17-9-4-3-5-10-17;/h3-10,13-14H,11-12H2,1-2H3,(H3,19,20,21);1H. The zero-order valence-corrected chi connectivity index (χ0v) is 17.1. The molecule has 24 heavy (non-hydrogen) atoms. The van der Waals surface area contributed by atoms with E-state index in [1.54, 1.807) is 0 Å². The number of rotatable bonds is 6. The molecule has 2 aromatic rings. The number of aliphatic imine (C=N–C) groups is 1. The second kappa shape index (κ2) is 10.5. The van der Waals surface area contributed by atoms with Crippen LogP contribution in [0.5, 0.6) is 0 Å². The van der Waals surface area contributed by atoms with Crippen LogP contribution in [-0.4, -0.2) is 22.5 Å². The van der Waals surface area contributed by atoms with Crippen molar-refractivity contribution in [2.24, 2.45) is 10.7 Å². The Balaban J connectivity index is 0.00000288. The van der Waals surface area contributed by atoms with Gasteiger partial charge in [-0.15, -0.1) is 24.0 Å². The van der Waals surface area contributed by atoms with Crippen molar-refractivity contribution in [3.05, 3.63) is 60.2 Å². The Morgan fingerprint density at radius 2 is 1.88 bits per heavy atom. The van der Waals surface area contributed by atoms with E-state index < -0.39 is 10.8 Å². The molecule has 2 aromatic carbocycles. The molecule has 0 saturated heterocycles. The summed E-state index contributed by atoms with van der Waals surface area (Å²) in [6.45, 7) is 4.72. The Hall–Kier alpha value is -1.41. The Morgan fingerprint density at radius 3 is 2.54 bits per heavy atom. The summed E-state index contributed by atoms with van der Waals surface area (Å²) in [5.74, 6) is 1.26. The van der Waals surface area contributed by atoms with Gasteiger partial charge in [0, 0.05) is 16.3 Å². The van der Waals surface area contributed by atoms with Gasteiger partial charge in [-0.25, -0.2) is 0 Å². The molecule has 1 unspecified atom stereocenters. The molecule has 4 nitrogen and oxygen atoms in total. The van der Waals surface area contributed by atoms with Gasteiger partial charge in [0.05, 0.1) is 17.3 Å². The Bertz CT molecular complexity index is 690. The van der Waals surface area contributed by atoms with Crippen molar-refractivity contribution in [3.8, 4) is 0 Å². The van der Waals surface area contributed by atoms with Crippen LogP contribution in [0.15, 0.2) is 64.5 Å². The lowest BCUT2D eigenvalue weighted by Gasteiger charge is -2.10. The number of nitrogens with two attached hydrogens (primary N) is 1. The van der Waals surface area contributed by atoms with Gasteiger partial charge >= 0.3 is 0 Å². The molecule has 0 fully saturated rings. The number of hydrogen-bond donors (Lipinski definition) is 2. The van der Waals surface area contributed by atoms with E-state index in [0.717, 1.165) is 10.6 Å². The maximum atomic E-state index is 12.1. The van der Waals surface area contributed by atoms with Crippen molar-refractivity contribution < 1.29 is 4.21 Å². The fraction of sp³-hybridized carbons (Fsp3) is 0.278. The highest BCUT2D eigenvalue weighted by molar-refractivity contribution is 14.0. The van der Waals surface area contributed by atoms with E-state index in [1.807, 2.05) is 42.5 Å². The average Bonchev–Trinajstić information content (AvgIpc) is 2.55. The van der Waals surface area contributed by atoms with E-state index in [2.05, 4.69) is 36.3 Å². The molecule has 1 atom stereocenters. The van der Waals surface area contributed by atoms with Crippen LogP contribution in [0.4, 0.5) is 5.69 Å². The molecule has 0 aliphatic carbocycles. The smallest absolute Gasteiger partial charge is 0.193 e. The van der Waals surface area contributed by atoms with Crippen LogP contribution in [0.1, 0.15) is 25.3 Å². The summed E-state index contributed by atoms with van der Waals surface area (Å²) in [5.41, 5.74) is 8.06. The van der Waals surface area contributed by atoms with Crippen molar-refractivity contribution in [3.63, 3.8) is 0 Å². The van der Waals surface area contributed by atoms with Gasteiger partial charge in [0.25, 0.3) is 0 Å². The molecule has 0 saturated carbocycles. The fourth-order valence-electron chi connectivity index (χ4n) is 2.10. The normalized spacial score (nSPS) is 12.5. The Kier molecular flexibility index (Phi) is 8.99. The molecule has 130 valence electrons. The van der Waals surface area contributed by atoms with Crippen molar-refractivity contribution in [2.75, 3.05) is 17.6 Å². The van der Waals surface area contributed by atoms with Crippen LogP contribution in [-0.2, 0) is 10.8 Å². The van der Waals surface area contributed by atoms with E-state index in [4.69, 9.17) is 5.73 Å². The zero-order chi connectivity index (χ0) is 16.7. The first-order valence-electron chi connectivity index (χ1n) is 7.66. The van der Waals surface area contributed by atoms with Crippen molar-refractivity contribution >= 4 is 46.4 Å². The minimum Gasteiger partial charge on any atom is -0.370 e. The van der Waals surface area contributed by atoms with E-state index in [9.17, 15) is 4.21 Å². The van der Waals surface area contributed by atoms with Crippen LogP contribution < -0.4 is 11.1 Å². The largest absolute Gasteiger partial charge is 0.370 e. The predicted molar refractivity (Wildman–Crippen MR) is 114 cm³/mol. The highest BCUT2D eigenvalue weighted by Gasteiger charge is 2.03. The lowest BCUT2D eigenvalue weighted by Crippen LogP contribution is -2.23. The third kappa shape index (κ3) is 6.60. The highest BCUT2D eigenvalue weighted by Crippen LogP contribution is 2.18. The molecular formula is C18H24IN3OS. The summed E-state index contributed by atoms with van der Waals surface area (Å²) in [6, 6.07) is 17.5. The summed E-state index contributed by atoms with van der Waals surface area (Å²) in [7, 11) is -1.05. The summed E-state index contributed by atoms with van der Waals surface area (Å²) in [5, 5.41) is 3.08. The number of benzene rings is 2. The number of nitrogens with one attached hydrogen (secondary N) is 1. The van der Waals surface area contributed by atoms with Gasteiger partial charge in [0.2, 0.25) is 0 Å². The van der Waals surface area contributed by atoms with Crippen LogP contribution in [0.25, 0.3) is 0 Å². The van der Waals surface area contributed by atoms with Gasteiger partial charge in [-0.3, -0.25) is 9.20 Å². The first-order valence-corrected chi connectivity index (χ1v) is 8.98. The maximum Gasteiger partial charge on any atom is 0.193 e. The maximum absolute atomic E-state index is 12.1. The van der Waals surface area contributed by atoms with E-state index in [1.165, 1.54) is 5.56 Å². The molecule has 0 spiro atoms. The van der Waals surface area contributed by atoms with Crippen molar-refractivity contribution in [1.82, 2.24) is 0 Å². The molecule has 0 heterocycles. The highest BCUT2D eigenvalue weighted by atomic mass is 127. The third-order valence-electron chi connectivity index (χ3n) is 3.39. The molecule has 6 heteroatoms. The molecule has 0 amide bonds. The first-order chi connectivity index (χ1) is 11.1. The molecule has 2 rings (SSSR count). The molecule has 0 aromatic heterocycles. The Morgan fingerprint density at radius 1 is 1.17 bits per heavy atom. The minimum atomic E-state index is -1.05. The number of guanidine groups is 1. The second-order valence-corrected chi connectivity index (χ2v) is 7.11. The van der Waals surface area contributed by atoms with Crippen LogP contribution in [0.2, 0.25) is 0 Å². The number of nitrogens with zero attached hydrogens (tertiary/aromatic N) is 1. The zero-order valence-electron chi connectivity index (χ0n) is 13.9. The number of anilines is 1. The minimum absolute atomic E-state index is 0. The van der Waals surface area contributed by atoms with E-state index in [-0.39, 0.29) is 24.0 Å². The topological polar surface area (TPSA) is 67.5 Å². The summed E-state index contributed by atoms with van der Waals surface area (Å²) in [4.78, 5) is 5.07.